The molecule has 0 radical (unpaired) electrons. The lowest BCUT2D eigenvalue weighted by molar-refractivity contribution is -0.122. The SMILES string of the molecule is O=C(NC(=S)NNC(=O)C(c1ccccc1)c1ccccc1)c1ccc(OCCc2ccccc2)c(Br)c1. The van der Waals surface area contributed by atoms with Gasteiger partial charge in [0.2, 0.25) is 5.91 Å². The monoisotopic (exact) mass is 587 g/mol. The van der Waals surface area contributed by atoms with Crippen LogP contribution in [0.15, 0.2) is 114 Å². The Hall–Kier alpha value is -4.01. The molecule has 0 aliphatic rings. The Bertz CT molecular complexity index is 1350. The number of nitrogens with one attached hydrogen (secondary N) is 3. The molecule has 0 bridgehead atoms. The number of hydrogen-bond donors (Lipinski definition) is 3. The van der Waals surface area contributed by atoms with Crippen LogP contribution in [0.3, 0.4) is 0 Å². The summed E-state index contributed by atoms with van der Waals surface area (Å²) in [5.74, 6) is -0.637. The summed E-state index contributed by atoms with van der Waals surface area (Å²) in [6.45, 7) is 0.509. The summed E-state index contributed by atoms with van der Waals surface area (Å²) in [4.78, 5) is 25.8. The van der Waals surface area contributed by atoms with Gasteiger partial charge in [0.1, 0.15) is 5.75 Å². The van der Waals surface area contributed by atoms with Gasteiger partial charge < -0.3 is 4.74 Å². The lowest BCUT2D eigenvalue weighted by atomic mass is 9.91. The van der Waals surface area contributed by atoms with Crippen molar-refractivity contribution in [3.8, 4) is 5.75 Å². The van der Waals surface area contributed by atoms with Gasteiger partial charge in [-0.15, -0.1) is 0 Å². The van der Waals surface area contributed by atoms with Crippen molar-refractivity contribution in [2.75, 3.05) is 6.61 Å². The van der Waals surface area contributed by atoms with E-state index in [0.717, 1.165) is 17.5 Å². The van der Waals surface area contributed by atoms with Crippen molar-refractivity contribution in [3.05, 3.63) is 136 Å². The van der Waals surface area contributed by atoms with Gasteiger partial charge in [0.05, 0.1) is 17.0 Å². The Morgan fingerprint density at radius 1 is 0.789 bits per heavy atom. The van der Waals surface area contributed by atoms with Crippen LogP contribution in [0.5, 0.6) is 5.75 Å². The zero-order valence-electron chi connectivity index (χ0n) is 20.4. The topological polar surface area (TPSA) is 79.5 Å². The number of ether oxygens (including phenoxy) is 1. The summed E-state index contributed by atoms with van der Waals surface area (Å²) in [6.07, 6.45) is 0.774. The van der Waals surface area contributed by atoms with Crippen molar-refractivity contribution < 1.29 is 14.3 Å². The molecule has 0 saturated carbocycles. The first-order valence-corrected chi connectivity index (χ1v) is 13.2. The maximum atomic E-state index is 13.1. The molecule has 2 amide bonds. The number of hydrogen-bond acceptors (Lipinski definition) is 4. The van der Waals surface area contributed by atoms with E-state index in [1.165, 1.54) is 5.56 Å². The molecule has 4 aromatic rings. The van der Waals surface area contributed by atoms with Gasteiger partial charge in [-0.2, -0.15) is 0 Å². The summed E-state index contributed by atoms with van der Waals surface area (Å²) in [7, 11) is 0. The molecular weight excluding hydrogens is 562 g/mol. The smallest absolute Gasteiger partial charge is 0.257 e. The first-order valence-electron chi connectivity index (χ1n) is 12.0. The number of benzene rings is 4. The van der Waals surface area contributed by atoms with E-state index in [4.69, 9.17) is 17.0 Å². The van der Waals surface area contributed by atoms with Gasteiger partial charge in [-0.05, 0) is 63.0 Å². The Balaban J connectivity index is 1.31. The summed E-state index contributed by atoms with van der Waals surface area (Å²) in [5.41, 5.74) is 8.50. The van der Waals surface area contributed by atoms with Gasteiger partial charge in [0, 0.05) is 12.0 Å². The van der Waals surface area contributed by atoms with E-state index in [1.54, 1.807) is 18.2 Å². The maximum Gasteiger partial charge on any atom is 0.257 e. The zero-order chi connectivity index (χ0) is 26.7. The second kappa shape index (κ2) is 13.5. The highest BCUT2D eigenvalue weighted by Gasteiger charge is 2.23. The summed E-state index contributed by atoms with van der Waals surface area (Å²) >= 11 is 8.70. The third-order valence-corrected chi connectivity index (χ3v) is 6.56. The van der Waals surface area contributed by atoms with Gasteiger partial charge >= 0.3 is 0 Å². The molecule has 0 unspecified atom stereocenters. The summed E-state index contributed by atoms with van der Waals surface area (Å²) < 4.78 is 6.50. The van der Waals surface area contributed by atoms with Crippen molar-refractivity contribution in [2.24, 2.45) is 0 Å². The van der Waals surface area contributed by atoms with Crippen LogP contribution in [0, 0.1) is 0 Å². The highest BCUT2D eigenvalue weighted by atomic mass is 79.9. The van der Waals surface area contributed by atoms with Crippen LogP contribution in [0.4, 0.5) is 0 Å². The Morgan fingerprint density at radius 2 is 1.37 bits per heavy atom. The van der Waals surface area contributed by atoms with E-state index in [1.807, 2.05) is 78.9 Å². The van der Waals surface area contributed by atoms with Crippen LogP contribution in [0.1, 0.15) is 33.0 Å². The van der Waals surface area contributed by atoms with Gasteiger partial charge in [-0.3, -0.25) is 25.8 Å². The predicted octanol–water partition coefficient (Wildman–Crippen LogP) is 5.54. The minimum absolute atomic E-state index is 0.0254. The van der Waals surface area contributed by atoms with Crippen molar-refractivity contribution in [3.63, 3.8) is 0 Å². The van der Waals surface area contributed by atoms with Gasteiger partial charge in [-0.25, -0.2) is 0 Å². The van der Waals surface area contributed by atoms with Crippen LogP contribution in [-0.2, 0) is 11.2 Å². The fourth-order valence-electron chi connectivity index (χ4n) is 3.87. The molecule has 0 aliphatic carbocycles. The number of carbonyl (C=O) groups excluding carboxylic acids is 2. The zero-order valence-corrected chi connectivity index (χ0v) is 22.8. The van der Waals surface area contributed by atoms with Crippen molar-refractivity contribution in [2.45, 2.75) is 12.3 Å². The van der Waals surface area contributed by atoms with Crippen molar-refractivity contribution in [1.29, 1.82) is 0 Å². The fourth-order valence-corrected chi connectivity index (χ4v) is 4.50. The molecule has 0 fully saturated rings. The molecule has 8 heteroatoms. The van der Waals surface area contributed by atoms with Gasteiger partial charge in [-0.1, -0.05) is 91.0 Å². The molecule has 0 atom stereocenters. The fraction of sp³-hybridized carbons (Fsp3) is 0.100. The Morgan fingerprint density at radius 3 is 1.95 bits per heavy atom. The van der Waals surface area contributed by atoms with Gasteiger partial charge in [0.25, 0.3) is 5.91 Å². The van der Waals surface area contributed by atoms with E-state index in [2.05, 4.69) is 44.2 Å². The third kappa shape index (κ3) is 7.50. The molecule has 192 valence electrons. The van der Waals surface area contributed by atoms with Crippen molar-refractivity contribution >= 4 is 45.1 Å². The standard InChI is InChI=1S/C30H26BrN3O3S/c31-25-20-24(16-17-26(25)37-19-18-21-10-4-1-5-11-21)28(35)32-30(38)34-33-29(36)27(22-12-6-2-7-13-22)23-14-8-3-9-15-23/h1-17,20,27H,18-19H2,(H,33,36)(H2,32,34,35,38). The molecule has 38 heavy (non-hydrogen) atoms. The van der Waals surface area contributed by atoms with E-state index < -0.39 is 11.8 Å². The lowest BCUT2D eigenvalue weighted by Crippen LogP contribution is -2.49. The van der Waals surface area contributed by atoms with Crippen LogP contribution in [-0.4, -0.2) is 23.5 Å². The van der Waals surface area contributed by atoms with E-state index >= 15 is 0 Å². The Kier molecular flexibility index (Phi) is 9.61. The second-order valence-corrected chi connectivity index (χ2v) is 9.64. The number of thiocarbonyl (C=S) groups is 1. The predicted molar refractivity (Wildman–Crippen MR) is 156 cm³/mol. The van der Waals surface area contributed by atoms with Crippen LogP contribution >= 0.6 is 28.1 Å². The normalized spacial score (nSPS) is 10.5. The molecule has 4 rings (SSSR count). The van der Waals surface area contributed by atoms with Crippen LogP contribution < -0.4 is 20.9 Å². The van der Waals surface area contributed by atoms with E-state index in [0.29, 0.717) is 22.4 Å². The average molecular weight is 589 g/mol. The molecule has 0 heterocycles. The highest BCUT2D eigenvalue weighted by molar-refractivity contribution is 9.10. The minimum atomic E-state index is -0.547. The number of rotatable bonds is 8. The molecule has 3 N–H and O–H groups in total. The molecule has 4 aromatic carbocycles. The van der Waals surface area contributed by atoms with Crippen molar-refractivity contribution in [1.82, 2.24) is 16.2 Å². The summed E-state index contributed by atoms with van der Waals surface area (Å²) in [6, 6.07) is 34.0. The van der Waals surface area contributed by atoms with Crippen LogP contribution in [0.2, 0.25) is 0 Å². The molecule has 0 aromatic heterocycles. The summed E-state index contributed by atoms with van der Waals surface area (Å²) in [5, 5.41) is 2.56. The third-order valence-electron chi connectivity index (χ3n) is 5.74. The second-order valence-electron chi connectivity index (χ2n) is 8.38. The van der Waals surface area contributed by atoms with E-state index in [-0.39, 0.29) is 11.0 Å². The largest absolute Gasteiger partial charge is 0.492 e. The number of carbonyl (C=O) groups is 2. The first kappa shape index (κ1) is 27.0. The first-order chi connectivity index (χ1) is 18.5. The quantitative estimate of drug-likeness (QED) is 0.186. The van der Waals surface area contributed by atoms with E-state index in [9.17, 15) is 9.59 Å². The average Bonchev–Trinajstić information content (AvgIpc) is 2.94. The number of amides is 2. The highest BCUT2D eigenvalue weighted by Crippen LogP contribution is 2.26. The van der Waals surface area contributed by atoms with Gasteiger partial charge in [0.15, 0.2) is 5.11 Å². The Labute approximate surface area is 235 Å². The molecule has 0 saturated heterocycles. The number of halogens is 1. The molecular formula is C30H26BrN3O3S. The molecule has 0 spiro atoms. The number of hydrazine groups is 1. The molecule has 6 nitrogen and oxygen atoms in total. The molecule has 0 aliphatic heterocycles. The lowest BCUT2D eigenvalue weighted by Gasteiger charge is -2.19. The van der Waals surface area contributed by atoms with Crippen LogP contribution in [0.25, 0.3) is 0 Å². The minimum Gasteiger partial charge on any atom is -0.492 e. The maximum absolute atomic E-state index is 13.1.